The van der Waals surface area contributed by atoms with Gasteiger partial charge in [0.05, 0.1) is 22.5 Å². The van der Waals surface area contributed by atoms with Crippen LogP contribution in [0.1, 0.15) is 17.0 Å². The van der Waals surface area contributed by atoms with Gasteiger partial charge in [-0.3, -0.25) is 0 Å². The Labute approximate surface area is 85.8 Å². The minimum absolute atomic E-state index is 0.334. The van der Waals surface area contributed by atoms with Gasteiger partial charge in [0.1, 0.15) is 0 Å². The number of nitrogens with zero attached hydrogens (tertiary/aromatic N) is 2. The van der Waals surface area contributed by atoms with Crippen LogP contribution in [0.15, 0.2) is 21.3 Å². The molecule has 74 valence electrons. The highest BCUT2D eigenvalue weighted by atomic mass is 16.4. The molecule has 1 aromatic carbocycles. The molecule has 4 nitrogen and oxygen atoms in total. The van der Waals surface area contributed by atoms with E-state index < -0.39 is 5.63 Å². The molecule has 0 N–H and O–H groups in total. The molecule has 0 saturated carbocycles. The van der Waals surface area contributed by atoms with Crippen molar-refractivity contribution in [3.05, 3.63) is 39.6 Å². The molecule has 0 radical (unpaired) electrons. The Balaban J connectivity index is 2.99. The highest BCUT2D eigenvalue weighted by Crippen LogP contribution is 2.15. The molecular weight excluding hydrogens is 192 g/mol. The van der Waals surface area contributed by atoms with Crippen LogP contribution in [0.4, 0.5) is 0 Å². The summed E-state index contributed by atoms with van der Waals surface area (Å²) in [5.41, 5.74) is 1.40. The maximum atomic E-state index is 11.5. The third-order valence-electron chi connectivity index (χ3n) is 2.16. The first-order chi connectivity index (χ1) is 7.11. The SMILES string of the molecule is Cc1nc2c(C)cc(C#N)cc2c(=O)o1. The molecular formula is C11H8N2O2. The van der Waals surface area contributed by atoms with E-state index >= 15 is 0 Å². The van der Waals surface area contributed by atoms with Crippen molar-refractivity contribution in [3.8, 4) is 6.07 Å². The summed E-state index contributed by atoms with van der Waals surface area (Å²) in [4.78, 5) is 15.6. The van der Waals surface area contributed by atoms with E-state index in [0.29, 0.717) is 22.4 Å². The first-order valence-electron chi connectivity index (χ1n) is 4.44. The summed E-state index contributed by atoms with van der Waals surface area (Å²) >= 11 is 0. The Morgan fingerprint density at radius 3 is 2.80 bits per heavy atom. The van der Waals surface area contributed by atoms with Crippen molar-refractivity contribution in [2.45, 2.75) is 13.8 Å². The zero-order valence-electron chi connectivity index (χ0n) is 8.37. The van der Waals surface area contributed by atoms with E-state index in [9.17, 15) is 4.79 Å². The Hall–Kier alpha value is -2.15. The van der Waals surface area contributed by atoms with Gasteiger partial charge in [-0.05, 0) is 24.6 Å². The summed E-state index contributed by atoms with van der Waals surface area (Å²) in [5, 5.41) is 9.12. The fraction of sp³-hybridized carbons (Fsp3) is 0.182. The van der Waals surface area contributed by atoms with Crippen molar-refractivity contribution >= 4 is 10.9 Å². The number of fused-ring (bicyclic) bond motifs is 1. The van der Waals surface area contributed by atoms with Crippen LogP contribution in [-0.4, -0.2) is 4.98 Å². The first kappa shape index (κ1) is 9.41. The second-order valence-electron chi connectivity index (χ2n) is 3.32. The molecule has 2 aromatic rings. The van der Waals surface area contributed by atoms with E-state index in [1.807, 2.05) is 13.0 Å². The van der Waals surface area contributed by atoms with E-state index in [2.05, 4.69) is 4.98 Å². The van der Waals surface area contributed by atoms with E-state index in [1.165, 1.54) is 6.07 Å². The highest BCUT2D eigenvalue weighted by Gasteiger charge is 2.07. The van der Waals surface area contributed by atoms with Crippen LogP contribution in [0.2, 0.25) is 0 Å². The van der Waals surface area contributed by atoms with Crippen LogP contribution in [0.25, 0.3) is 10.9 Å². The van der Waals surface area contributed by atoms with Crippen molar-refractivity contribution in [2.75, 3.05) is 0 Å². The summed E-state index contributed by atoms with van der Waals surface area (Å²) in [6.45, 7) is 3.44. The summed E-state index contributed by atoms with van der Waals surface area (Å²) in [7, 11) is 0. The lowest BCUT2D eigenvalue weighted by atomic mass is 10.1. The van der Waals surface area contributed by atoms with Crippen molar-refractivity contribution in [1.29, 1.82) is 5.26 Å². The zero-order chi connectivity index (χ0) is 11.0. The predicted octanol–water partition coefficient (Wildman–Crippen LogP) is 1.68. The Bertz CT molecular complexity index is 635. The molecule has 0 fully saturated rings. The number of nitriles is 1. The molecule has 0 atom stereocenters. The van der Waals surface area contributed by atoms with E-state index in [1.54, 1.807) is 13.0 Å². The van der Waals surface area contributed by atoms with Gasteiger partial charge in [0.2, 0.25) is 0 Å². The molecule has 0 aliphatic carbocycles. The van der Waals surface area contributed by atoms with E-state index in [4.69, 9.17) is 9.68 Å². The topological polar surface area (TPSA) is 66.9 Å². The Morgan fingerprint density at radius 2 is 2.13 bits per heavy atom. The van der Waals surface area contributed by atoms with Crippen molar-refractivity contribution in [2.24, 2.45) is 0 Å². The molecule has 1 aromatic heterocycles. The van der Waals surface area contributed by atoms with Crippen LogP contribution in [0.5, 0.6) is 0 Å². The smallest absolute Gasteiger partial charge is 0.346 e. The highest BCUT2D eigenvalue weighted by molar-refractivity contribution is 5.81. The number of aromatic nitrogens is 1. The quantitative estimate of drug-likeness (QED) is 0.648. The minimum Gasteiger partial charge on any atom is -0.408 e. The van der Waals surface area contributed by atoms with Crippen LogP contribution >= 0.6 is 0 Å². The molecule has 4 heteroatoms. The van der Waals surface area contributed by atoms with E-state index in [0.717, 1.165) is 5.56 Å². The van der Waals surface area contributed by atoms with Gasteiger partial charge in [0.25, 0.3) is 0 Å². The van der Waals surface area contributed by atoms with Gasteiger partial charge in [-0.1, -0.05) is 0 Å². The number of hydrogen-bond acceptors (Lipinski definition) is 4. The summed E-state index contributed by atoms with van der Waals surface area (Å²) in [6.07, 6.45) is 0. The standard InChI is InChI=1S/C11H8N2O2/c1-6-3-8(5-12)4-9-10(6)13-7(2)15-11(9)14/h3-4H,1-2H3. The average molecular weight is 200 g/mol. The summed E-state index contributed by atoms with van der Waals surface area (Å²) < 4.78 is 4.87. The maximum absolute atomic E-state index is 11.5. The number of hydrogen-bond donors (Lipinski definition) is 0. The summed E-state index contributed by atoms with van der Waals surface area (Å²) in [6, 6.07) is 5.20. The number of benzene rings is 1. The monoisotopic (exact) mass is 200 g/mol. The van der Waals surface area contributed by atoms with E-state index in [-0.39, 0.29) is 0 Å². The van der Waals surface area contributed by atoms with Gasteiger partial charge in [-0.25, -0.2) is 9.78 Å². The predicted molar refractivity (Wildman–Crippen MR) is 54.5 cm³/mol. The molecule has 0 aliphatic rings. The number of rotatable bonds is 0. The Morgan fingerprint density at radius 1 is 1.40 bits per heavy atom. The van der Waals surface area contributed by atoms with Crippen LogP contribution < -0.4 is 5.63 Å². The lowest BCUT2D eigenvalue weighted by Crippen LogP contribution is -2.04. The average Bonchev–Trinajstić information content (AvgIpc) is 2.19. The van der Waals surface area contributed by atoms with Gasteiger partial charge < -0.3 is 4.42 Å². The second-order valence-corrected chi connectivity index (χ2v) is 3.32. The largest absolute Gasteiger partial charge is 0.408 e. The molecule has 1 heterocycles. The lowest BCUT2D eigenvalue weighted by molar-refractivity contribution is 0.467. The van der Waals surface area contributed by atoms with Crippen LogP contribution in [0, 0.1) is 25.2 Å². The molecule has 2 rings (SSSR count). The zero-order valence-corrected chi connectivity index (χ0v) is 8.37. The number of aryl methyl sites for hydroxylation is 2. The minimum atomic E-state index is -0.447. The van der Waals surface area contributed by atoms with Crippen molar-refractivity contribution in [3.63, 3.8) is 0 Å². The molecule has 0 amide bonds. The van der Waals surface area contributed by atoms with Crippen molar-refractivity contribution in [1.82, 2.24) is 4.98 Å². The molecule has 0 aliphatic heterocycles. The molecule has 0 spiro atoms. The molecule has 0 bridgehead atoms. The van der Waals surface area contributed by atoms with Gasteiger partial charge >= 0.3 is 5.63 Å². The van der Waals surface area contributed by atoms with Gasteiger partial charge in [-0.15, -0.1) is 0 Å². The fourth-order valence-corrected chi connectivity index (χ4v) is 1.52. The molecule has 0 unspecified atom stereocenters. The first-order valence-corrected chi connectivity index (χ1v) is 4.44. The van der Waals surface area contributed by atoms with Crippen molar-refractivity contribution < 1.29 is 4.42 Å². The maximum Gasteiger partial charge on any atom is 0.346 e. The normalized spacial score (nSPS) is 10.2. The van der Waals surface area contributed by atoms with Crippen LogP contribution in [-0.2, 0) is 0 Å². The third kappa shape index (κ3) is 1.48. The molecule has 0 saturated heterocycles. The van der Waals surface area contributed by atoms with Gasteiger partial charge in [0, 0.05) is 6.92 Å². The Kier molecular flexibility index (Phi) is 2.01. The van der Waals surface area contributed by atoms with Crippen LogP contribution in [0.3, 0.4) is 0 Å². The lowest BCUT2D eigenvalue weighted by Gasteiger charge is -2.01. The summed E-state index contributed by atoms with van der Waals surface area (Å²) in [5.74, 6) is 0.334. The fourth-order valence-electron chi connectivity index (χ4n) is 1.52. The van der Waals surface area contributed by atoms with Gasteiger partial charge in [0.15, 0.2) is 5.89 Å². The van der Waals surface area contributed by atoms with Gasteiger partial charge in [-0.2, -0.15) is 5.26 Å². The molecule has 15 heavy (non-hydrogen) atoms. The third-order valence-corrected chi connectivity index (χ3v) is 2.16. The second kappa shape index (κ2) is 3.21.